The van der Waals surface area contributed by atoms with Gasteiger partial charge in [0, 0.05) is 44.5 Å². The fourth-order valence-corrected chi connectivity index (χ4v) is 3.71. The molecular formula is C18H24F4N4O. The smallest absolute Gasteiger partial charge is 0.371 e. The van der Waals surface area contributed by atoms with E-state index in [2.05, 4.69) is 15.5 Å². The summed E-state index contributed by atoms with van der Waals surface area (Å²) in [7, 11) is 0. The Bertz CT molecular complexity index is 637. The summed E-state index contributed by atoms with van der Waals surface area (Å²) in [6, 6.07) is 5.74. The highest BCUT2D eigenvalue weighted by atomic mass is 19.4. The number of likely N-dealkylation sites (tertiary alicyclic amines) is 1. The zero-order valence-corrected chi connectivity index (χ0v) is 14.9. The van der Waals surface area contributed by atoms with E-state index in [0.29, 0.717) is 19.5 Å². The van der Waals surface area contributed by atoms with Gasteiger partial charge in [-0.1, -0.05) is 0 Å². The fourth-order valence-electron chi connectivity index (χ4n) is 3.71. The van der Waals surface area contributed by atoms with Crippen LogP contribution in [0.25, 0.3) is 0 Å². The predicted molar refractivity (Wildman–Crippen MR) is 94.2 cm³/mol. The van der Waals surface area contributed by atoms with Crippen LogP contribution in [0.3, 0.4) is 0 Å². The van der Waals surface area contributed by atoms with Crippen molar-refractivity contribution in [3.63, 3.8) is 0 Å². The van der Waals surface area contributed by atoms with E-state index >= 15 is 0 Å². The van der Waals surface area contributed by atoms with Gasteiger partial charge in [-0.2, -0.15) is 13.2 Å². The minimum Gasteiger partial charge on any atom is -0.371 e. The normalized spacial score (nSPS) is 23.6. The standard InChI is InChI=1S/C18H24F4N4O/c19-14-1-3-16(4-2-14)26-8-5-13(10-26)9-23-17(27)24-15-6-7-25(11-15)12-18(20,21)22/h1-4,13,15H,5-12H2,(H2,23,24,27)/t13-,15-/m1/s1. The summed E-state index contributed by atoms with van der Waals surface area (Å²) in [5.74, 6) is 0.0136. The Morgan fingerprint density at radius 3 is 2.56 bits per heavy atom. The maximum absolute atomic E-state index is 13.0. The van der Waals surface area contributed by atoms with Crippen molar-refractivity contribution in [1.29, 1.82) is 0 Å². The second-order valence-electron chi connectivity index (χ2n) is 7.27. The van der Waals surface area contributed by atoms with E-state index < -0.39 is 12.7 Å². The number of halogens is 4. The van der Waals surface area contributed by atoms with Crippen molar-refractivity contribution in [2.75, 3.05) is 44.2 Å². The first-order valence-electron chi connectivity index (χ1n) is 9.12. The van der Waals surface area contributed by atoms with Crippen molar-refractivity contribution < 1.29 is 22.4 Å². The molecule has 0 spiro atoms. The molecule has 3 rings (SSSR count). The van der Waals surface area contributed by atoms with Crippen molar-refractivity contribution in [2.24, 2.45) is 5.92 Å². The van der Waals surface area contributed by atoms with Gasteiger partial charge < -0.3 is 15.5 Å². The Balaban J connectivity index is 1.36. The highest BCUT2D eigenvalue weighted by molar-refractivity contribution is 5.74. The van der Waals surface area contributed by atoms with Crippen molar-refractivity contribution in [2.45, 2.75) is 25.1 Å². The molecule has 2 heterocycles. The number of carbonyl (C=O) groups excluding carboxylic acids is 1. The van der Waals surface area contributed by atoms with Gasteiger partial charge in [-0.3, -0.25) is 4.90 Å². The van der Waals surface area contributed by atoms with Gasteiger partial charge >= 0.3 is 12.2 Å². The number of benzene rings is 1. The average Bonchev–Trinajstić information content (AvgIpc) is 3.22. The highest BCUT2D eigenvalue weighted by Gasteiger charge is 2.34. The van der Waals surface area contributed by atoms with E-state index in [-0.39, 0.29) is 30.4 Å². The SMILES string of the molecule is O=C(NC[C@H]1CCN(c2ccc(F)cc2)C1)N[C@@H]1CCN(CC(F)(F)F)C1. The Kier molecular flexibility index (Phi) is 6.08. The first-order valence-corrected chi connectivity index (χ1v) is 9.12. The number of amides is 2. The summed E-state index contributed by atoms with van der Waals surface area (Å²) < 4.78 is 50.2. The molecule has 0 unspecified atom stereocenters. The number of nitrogens with zero attached hydrogens (tertiary/aromatic N) is 2. The molecule has 0 radical (unpaired) electrons. The summed E-state index contributed by atoms with van der Waals surface area (Å²) >= 11 is 0. The monoisotopic (exact) mass is 388 g/mol. The molecule has 2 amide bonds. The largest absolute Gasteiger partial charge is 0.401 e. The van der Waals surface area contributed by atoms with E-state index in [1.54, 1.807) is 12.1 Å². The zero-order valence-electron chi connectivity index (χ0n) is 14.9. The summed E-state index contributed by atoms with van der Waals surface area (Å²) in [6.45, 7) is 1.73. The first-order chi connectivity index (χ1) is 12.8. The second kappa shape index (κ2) is 8.33. The van der Waals surface area contributed by atoms with Gasteiger partial charge in [0.1, 0.15) is 5.82 Å². The molecule has 9 heteroatoms. The van der Waals surface area contributed by atoms with Crippen LogP contribution in [0.2, 0.25) is 0 Å². The lowest BCUT2D eigenvalue weighted by Gasteiger charge is -2.20. The predicted octanol–water partition coefficient (Wildman–Crippen LogP) is 2.59. The molecule has 2 fully saturated rings. The van der Waals surface area contributed by atoms with Gasteiger partial charge in [0.25, 0.3) is 0 Å². The molecule has 2 N–H and O–H groups in total. The number of hydrogen-bond donors (Lipinski definition) is 2. The molecule has 2 aliphatic heterocycles. The minimum atomic E-state index is -4.21. The number of alkyl halides is 3. The van der Waals surface area contributed by atoms with Crippen LogP contribution in [0, 0.1) is 11.7 Å². The molecule has 1 aromatic carbocycles. The lowest BCUT2D eigenvalue weighted by atomic mass is 10.1. The Hall–Kier alpha value is -2.03. The van der Waals surface area contributed by atoms with Crippen LogP contribution in [0.1, 0.15) is 12.8 Å². The van der Waals surface area contributed by atoms with E-state index in [0.717, 1.165) is 25.2 Å². The first kappa shape index (κ1) is 19.7. The van der Waals surface area contributed by atoms with E-state index in [1.807, 2.05) is 0 Å². The lowest BCUT2D eigenvalue weighted by Crippen LogP contribution is -2.45. The van der Waals surface area contributed by atoms with Crippen molar-refractivity contribution in [3.05, 3.63) is 30.1 Å². The van der Waals surface area contributed by atoms with Gasteiger partial charge in [0.2, 0.25) is 0 Å². The van der Waals surface area contributed by atoms with Crippen LogP contribution in [-0.4, -0.2) is 62.4 Å². The fraction of sp³-hybridized carbons (Fsp3) is 0.611. The van der Waals surface area contributed by atoms with Crippen LogP contribution < -0.4 is 15.5 Å². The maximum Gasteiger partial charge on any atom is 0.401 e. The van der Waals surface area contributed by atoms with Crippen LogP contribution in [0.15, 0.2) is 24.3 Å². The zero-order chi connectivity index (χ0) is 19.4. The quantitative estimate of drug-likeness (QED) is 0.763. The summed E-state index contributed by atoms with van der Waals surface area (Å²) in [5, 5.41) is 5.57. The molecule has 1 aromatic rings. The summed E-state index contributed by atoms with van der Waals surface area (Å²) in [5.41, 5.74) is 0.957. The minimum absolute atomic E-state index is 0.217. The highest BCUT2D eigenvalue weighted by Crippen LogP contribution is 2.23. The average molecular weight is 388 g/mol. The summed E-state index contributed by atoms with van der Waals surface area (Å²) in [6.07, 6.45) is -2.78. The molecular weight excluding hydrogens is 364 g/mol. The molecule has 27 heavy (non-hydrogen) atoms. The van der Waals surface area contributed by atoms with Gasteiger partial charge in [-0.25, -0.2) is 9.18 Å². The topological polar surface area (TPSA) is 47.6 Å². The number of urea groups is 1. The van der Waals surface area contributed by atoms with Gasteiger partial charge in [0.15, 0.2) is 0 Å². The number of anilines is 1. The number of nitrogens with one attached hydrogen (secondary N) is 2. The van der Waals surface area contributed by atoms with Crippen LogP contribution in [0.5, 0.6) is 0 Å². The Labute approximate surface area is 155 Å². The van der Waals surface area contributed by atoms with Crippen LogP contribution in [0.4, 0.5) is 28.0 Å². The summed E-state index contributed by atoms with van der Waals surface area (Å²) in [4.78, 5) is 15.5. The van der Waals surface area contributed by atoms with Gasteiger partial charge in [0.05, 0.1) is 6.54 Å². The van der Waals surface area contributed by atoms with E-state index in [1.165, 1.54) is 17.0 Å². The molecule has 150 valence electrons. The molecule has 2 saturated heterocycles. The van der Waals surface area contributed by atoms with E-state index in [9.17, 15) is 22.4 Å². The molecule has 0 saturated carbocycles. The Morgan fingerprint density at radius 1 is 1.11 bits per heavy atom. The maximum atomic E-state index is 13.0. The van der Waals surface area contributed by atoms with Crippen LogP contribution in [-0.2, 0) is 0 Å². The van der Waals surface area contributed by atoms with Gasteiger partial charge in [-0.05, 0) is 43.0 Å². The molecule has 2 aliphatic rings. The molecule has 0 aliphatic carbocycles. The van der Waals surface area contributed by atoms with Crippen molar-refractivity contribution in [3.8, 4) is 0 Å². The number of carbonyl (C=O) groups is 1. The van der Waals surface area contributed by atoms with Gasteiger partial charge in [-0.15, -0.1) is 0 Å². The molecule has 0 aromatic heterocycles. The third kappa shape index (κ3) is 5.98. The number of hydrogen-bond acceptors (Lipinski definition) is 3. The Morgan fingerprint density at radius 2 is 1.85 bits per heavy atom. The van der Waals surface area contributed by atoms with Crippen LogP contribution >= 0.6 is 0 Å². The molecule has 5 nitrogen and oxygen atoms in total. The third-order valence-electron chi connectivity index (χ3n) is 5.04. The number of rotatable bonds is 5. The molecule has 0 bridgehead atoms. The molecule has 2 atom stereocenters. The lowest BCUT2D eigenvalue weighted by molar-refractivity contribution is -0.143. The second-order valence-corrected chi connectivity index (χ2v) is 7.27. The van der Waals surface area contributed by atoms with Crippen molar-refractivity contribution in [1.82, 2.24) is 15.5 Å². The third-order valence-corrected chi connectivity index (χ3v) is 5.04. The van der Waals surface area contributed by atoms with Crippen molar-refractivity contribution >= 4 is 11.7 Å². The van der Waals surface area contributed by atoms with E-state index in [4.69, 9.17) is 0 Å².